The zero-order valence-electron chi connectivity index (χ0n) is 19.3. The minimum absolute atomic E-state index is 0.186. The number of carboxylic acids is 1. The van der Waals surface area contributed by atoms with Crippen molar-refractivity contribution in [2.45, 2.75) is 58.4 Å². The van der Waals surface area contributed by atoms with E-state index in [1.54, 1.807) is 0 Å². The first-order chi connectivity index (χ1) is 16.6. The van der Waals surface area contributed by atoms with Crippen molar-refractivity contribution in [2.24, 2.45) is 0 Å². The van der Waals surface area contributed by atoms with Gasteiger partial charge in [0, 0.05) is 24.8 Å². The number of nitrogens with zero attached hydrogens (tertiary/aromatic N) is 6. The third kappa shape index (κ3) is 5.92. The van der Waals surface area contributed by atoms with Gasteiger partial charge >= 0.3 is 5.97 Å². The SMILES string of the molecule is CCCCc1nc(CCCCC(=O)O)nn1Cc1ccc(-c2ccccc2-c2nn[nH]n2)cc1. The molecule has 0 radical (unpaired) electrons. The first-order valence-electron chi connectivity index (χ1n) is 11.7. The Morgan fingerprint density at radius 1 is 1.00 bits per heavy atom. The van der Waals surface area contributed by atoms with E-state index in [-0.39, 0.29) is 6.42 Å². The summed E-state index contributed by atoms with van der Waals surface area (Å²) < 4.78 is 1.99. The van der Waals surface area contributed by atoms with Crippen LogP contribution in [-0.2, 0) is 24.2 Å². The summed E-state index contributed by atoms with van der Waals surface area (Å²) in [7, 11) is 0. The van der Waals surface area contributed by atoms with Crippen LogP contribution in [0.15, 0.2) is 48.5 Å². The molecule has 9 heteroatoms. The number of aromatic amines is 1. The highest BCUT2D eigenvalue weighted by Gasteiger charge is 2.13. The largest absolute Gasteiger partial charge is 0.481 e. The normalized spacial score (nSPS) is 11.1. The van der Waals surface area contributed by atoms with Gasteiger partial charge in [0.05, 0.1) is 6.54 Å². The number of aryl methyl sites for hydroxylation is 2. The Morgan fingerprint density at radius 2 is 1.79 bits per heavy atom. The predicted octanol–water partition coefficient (Wildman–Crippen LogP) is 4.31. The second-order valence-corrected chi connectivity index (χ2v) is 8.28. The molecule has 4 aromatic rings. The average Bonchev–Trinajstić information content (AvgIpc) is 3.51. The zero-order chi connectivity index (χ0) is 23.8. The first-order valence-corrected chi connectivity index (χ1v) is 11.7. The molecule has 0 aliphatic heterocycles. The summed E-state index contributed by atoms with van der Waals surface area (Å²) in [5.74, 6) is 1.59. The lowest BCUT2D eigenvalue weighted by molar-refractivity contribution is -0.137. The van der Waals surface area contributed by atoms with Crippen LogP contribution in [0.25, 0.3) is 22.5 Å². The maximum atomic E-state index is 10.7. The fourth-order valence-electron chi connectivity index (χ4n) is 3.91. The quantitative estimate of drug-likeness (QED) is 0.303. The number of H-pyrrole nitrogens is 1. The van der Waals surface area contributed by atoms with E-state index in [9.17, 15) is 4.79 Å². The molecule has 2 heterocycles. The van der Waals surface area contributed by atoms with Crippen LogP contribution in [0.4, 0.5) is 0 Å². The summed E-state index contributed by atoms with van der Waals surface area (Å²) in [6.45, 7) is 2.81. The fraction of sp³-hybridized carbons (Fsp3) is 0.360. The molecule has 0 bridgehead atoms. The molecule has 0 atom stereocenters. The Kier molecular flexibility index (Phi) is 7.75. The molecule has 0 amide bonds. The van der Waals surface area contributed by atoms with Gasteiger partial charge in [-0.1, -0.05) is 61.9 Å². The molecule has 2 aromatic heterocycles. The van der Waals surface area contributed by atoms with Crippen molar-refractivity contribution in [3.05, 3.63) is 65.7 Å². The number of tetrazole rings is 1. The van der Waals surface area contributed by atoms with Crippen molar-refractivity contribution in [3.8, 4) is 22.5 Å². The van der Waals surface area contributed by atoms with Crippen LogP contribution in [0.5, 0.6) is 0 Å². The van der Waals surface area contributed by atoms with Crippen LogP contribution in [0.3, 0.4) is 0 Å². The Hall–Kier alpha value is -3.88. The third-order valence-corrected chi connectivity index (χ3v) is 5.70. The summed E-state index contributed by atoms with van der Waals surface area (Å²) in [4.78, 5) is 15.5. The molecule has 0 saturated carbocycles. The summed E-state index contributed by atoms with van der Waals surface area (Å²) >= 11 is 0. The van der Waals surface area contributed by atoms with Crippen LogP contribution in [-0.4, -0.2) is 46.5 Å². The molecular weight excluding hydrogens is 430 g/mol. The summed E-state index contributed by atoms with van der Waals surface area (Å²) in [6.07, 6.45) is 5.34. The highest BCUT2D eigenvalue weighted by Crippen LogP contribution is 2.29. The van der Waals surface area contributed by atoms with Crippen molar-refractivity contribution in [2.75, 3.05) is 0 Å². The molecule has 0 spiro atoms. The van der Waals surface area contributed by atoms with Crippen molar-refractivity contribution < 1.29 is 9.90 Å². The maximum Gasteiger partial charge on any atom is 0.303 e. The molecule has 2 N–H and O–H groups in total. The highest BCUT2D eigenvalue weighted by molar-refractivity contribution is 5.80. The summed E-state index contributed by atoms with van der Waals surface area (Å²) in [6, 6.07) is 16.4. The molecule has 0 aliphatic rings. The molecule has 0 saturated heterocycles. The van der Waals surface area contributed by atoms with Gasteiger partial charge in [-0.3, -0.25) is 4.79 Å². The number of carbonyl (C=O) groups is 1. The molecule has 0 fully saturated rings. The first kappa shape index (κ1) is 23.3. The van der Waals surface area contributed by atoms with Gasteiger partial charge in [-0.25, -0.2) is 9.67 Å². The Labute approximate surface area is 198 Å². The number of hydrogen-bond donors (Lipinski definition) is 2. The molecule has 9 nitrogen and oxygen atoms in total. The molecule has 34 heavy (non-hydrogen) atoms. The van der Waals surface area contributed by atoms with Crippen LogP contribution in [0.2, 0.25) is 0 Å². The van der Waals surface area contributed by atoms with E-state index >= 15 is 0 Å². The second kappa shape index (κ2) is 11.3. The minimum atomic E-state index is -0.759. The van der Waals surface area contributed by atoms with Crippen LogP contribution in [0, 0.1) is 0 Å². The molecule has 0 aliphatic carbocycles. The average molecular weight is 460 g/mol. The lowest BCUT2D eigenvalue weighted by Crippen LogP contribution is -2.07. The monoisotopic (exact) mass is 459 g/mol. The van der Waals surface area contributed by atoms with Gasteiger partial charge in [0.15, 0.2) is 5.82 Å². The number of hydrogen-bond acceptors (Lipinski definition) is 6. The van der Waals surface area contributed by atoms with E-state index in [2.05, 4.69) is 57.9 Å². The Bertz CT molecular complexity index is 1200. The van der Waals surface area contributed by atoms with Gasteiger partial charge in [0.1, 0.15) is 5.82 Å². The molecule has 2 aromatic carbocycles. The Morgan fingerprint density at radius 3 is 2.50 bits per heavy atom. The summed E-state index contributed by atoms with van der Waals surface area (Å²) in [5.41, 5.74) is 4.19. The second-order valence-electron chi connectivity index (χ2n) is 8.28. The van der Waals surface area contributed by atoms with Crippen molar-refractivity contribution in [3.63, 3.8) is 0 Å². The van der Waals surface area contributed by atoms with Gasteiger partial charge < -0.3 is 5.11 Å². The van der Waals surface area contributed by atoms with Gasteiger partial charge in [-0.05, 0) is 41.2 Å². The number of unbranched alkanes of at least 4 members (excludes halogenated alkanes) is 2. The van der Waals surface area contributed by atoms with Crippen molar-refractivity contribution in [1.29, 1.82) is 0 Å². The lowest BCUT2D eigenvalue weighted by atomic mass is 9.98. The van der Waals surface area contributed by atoms with Crippen molar-refractivity contribution >= 4 is 5.97 Å². The van der Waals surface area contributed by atoms with Gasteiger partial charge in [-0.2, -0.15) is 10.3 Å². The van der Waals surface area contributed by atoms with E-state index in [0.29, 0.717) is 25.2 Å². The van der Waals surface area contributed by atoms with Crippen LogP contribution < -0.4 is 0 Å². The number of aliphatic carboxylic acids is 1. The van der Waals surface area contributed by atoms with E-state index < -0.39 is 5.97 Å². The smallest absolute Gasteiger partial charge is 0.303 e. The van der Waals surface area contributed by atoms with Crippen LogP contribution in [0.1, 0.15) is 56.2 Å². The maximum absolute atomic E-state index is 10.7. The van der Waals surface area contributed by atoms with E-state index in [4.69, 9.17) is 15.2 Å². The third-order valence-electron chi connectivity index (χ3n) is 5.70. The number of nitrogens with one attached hydrogen (secondary N) is 1. The standard InChI is InChI=1S/C25H29N7O2/c1-2-3-11-23-26-22(10-6-7-12-24(33)34)29-32(23)17-18-13-15-19(16-14-18)20-8-4-5-9-21(20)25-27-30-31-28-25/h4-5,8-9,13-16H,2-3,6-7,10-12,17H2,1H3,(H,33,34)(H,27,28,30,31). The predicted molar refractivity (Wildman–Crippen MR) is 128 cm³/mol. The number of rotatable bonds is 12. The minimum Gasteiger partial charge on any atom is -0.481 e. The topological polar surface area (TPSA) is 122 Å². The fourth-order valence-corrected chi connectivity index (χ4v) is 3.91. The van der Waals surface area contributed by atoms with Crippen molar-refractivity contribution in [1.82, 2.24) is 35.4 Å². The van der Waals surface area contributed by atoms with E-state index in [1.807, 2.05) is 22.9 Å². The molecule has 0 unspecified atom stereocenters. The van der Waals surface area contributed by atoms with Gasteiger partial charge in [-0.15, -0.1) is 10.2 Å². The van der Waals surface area contributed by atoms with Crippen LogP contribution >= 0.6 is 0 Å². The molecule has 4 rings (SSSR count). The lowest BCUT2D eigenvalue weighted by Gasteiger charge is -2.09. The Balaban J connectivity index is 1.49. The summed E-state index contributed by atoms with van der Waals surface area (Å²) in [5, 5.41) is 28.0. The molecule has 176 valence electrons. The number of aromatic nitrogens is 7. The van der Waals surface area contributed by atoms with E-state index in [1.165, 1.54) is 0 Å². The number of carboxylic acid groups (broad SMARTS) is 1. The van der Waals surface area contributed by atoms with Gasteiger partial charge in [0.2, 0.25) is 5.82 Å². The number of benzene rings is 2. The van der Waals surface area contributed by atoms with Gasteiger partial charge in [0.25, 0.3) is 0 Å². The zero-order valence-corrected chi connectivity index (χ0v) is 19.3. The highest BCUT2D eigenvalue weighted by atomic mass is 16.4. The molecular formula is C25H29N7O2. The van der Waals surface area contributed by atoms with E-state index in [0.717, 1.165) is 59.6 Å².